The zero-order valence-corrected chi connectivity index (χ0v) is 13.5. The number of rotatable bonds is 3. The first kappa shape index (κ1) is 16.6. The maximum Gasteiger partial charge on any atom is 0.288 e. The molecule has 1 aromatic carbocycles. The lowest BCUT2D eigenvalue weighted by atomic mass is 10.2. The van der Waals surface area contributed by atoms with Gasteiger partial charge in [-0.05, 0) is 35.0 Å². The molecule has 8 nitrogen and oxygen atoms in total. The van der Waals surface area contributed by atoms with Crippen LogP contribution in [0.2, 0.25) is 0 Å². The molecular formula is C14H11BrN4O4. The van der Waals surface area contributed by atoms with Gasteiger partial charge < -0.3 is 0 Å². The van der Waals surface area contributed by atoms with Gasteiger partial charge in [-0.15, -0.1) is 0 Å². The van der Waals surface area contributed by atoms with Crippen molar-refractivity contribution in [2.24, 2.45) is 0 Å². The SMILES string of the molecule is Cc1ncc([N+](=O)[O-])cc1C(=O)NNC(=O)c1ccccc1Br. The fraction of sp³-hybridized carbons (Fsp3) is 0.0714. The molecule has 0 spiro atoms. The quantitative estimate of drug-likeness (QED) is 0.627. The molecule has 0 aliphatic heterocycles. The van der Waals surface area contributed by atoms with Crippen molar-refractivity contribution in [1.82, 2.24) is 15.8 Å². The summed E-state index contributed by atoms with van der Waals surface area (Å²) in [6.07, 6.45) is 1.06. The van der Waals surface area contributed by atoms with Gasteiger partial charge in [0.05, 0.1) is 21.7 Å². The summed E-state index contributed by atoms with van der Waals surface area (Å²) in [6.45, 7) is 1.54. The summed E-state index contributed by atoms with van der Waals surface area (Å²) >= 11 is 3.23. The lowest BCUT2D eigenvalue weighted by Crippen LogP contribution is -2.42. The topological polar surface area (TPSA) is 114 Å². The Morgan fingerprint density at radius 1 is 1.17 bits per heavy atom. The lowest BCUT2D eigenvalue weighted by Gasteiger charge is -2.09. The van der Waals surface area contributed by atoms with Crippen molar-refractivity contribution in [2.75, 3.05) is 0 Å². The van der Waals surface area contributed by atoms with E-state index in [-0.39, 0.29) is 11.3 Å². The molecule has 9 heteroatoms. The Morgan fingerprint density at radius 3 is 2.39 bits per heavy atom. The molecule has 0 atom stereocenters. The van der Waals surface area contributed by atoms with E-state index in [1.54, 1.807) is 24.3 Å². The molecule has 0 fully saturated rings. The third-order valence-electron chi connectivity index (χ3n) is 2.94. The molecule has 1 heterocycles. The number of nitro groups is 1. The van der Waals surface area contributed by atoms with Crippen molar-refractivity contribution in [1.29, 1.82) is 0 Å². The van der Waals surface area contributed by atoms with Gasteiger partial charge >= 0.3 is 0 Å². The summed E-state index contributed by atoms with van der Waals surface area (Å²) in [5.41, 5.74) is 4.80. The molecule has 2 amide bonds. The average Bonchev–Trinajstić information content (AvgIpc) is 2.53. The summed E-state index contributed by atoms with van der Waals surface area (Å²) in [7, 11) is 0. The molecule has 0 aliphatic rings. The minimum atomic E-state index is -0.695. The van der Waals surface area contributed by atoms with Crippen molar-refractivity contribution in [3.8, 4) is 0 Å². The normalized spacial score (nSPS) is 10.0. The van der Waals surface area contributed by atoms with E-state index in [4.69, 9.17) is 0 Å². The van der Waals surface area contributed by atoms with Crippen LogP contribution in [0, 0.1) is 17.0 Å². The second kappa shape index (κ2) is 6.97. The number of aromatic nitrogens is 1. The van der Waals surface area contributed by atoms with Crippen LogP contribution in [0.5, 0.6) is 0 Å². The van der Waals surface area contributed by atoms with Crippen molar-refractivity contribution >= 4 is 33.4 Å². The maximum absolute atomic E-state index is 12.1. The number of carbonyl (C=O) groups is 2. The molecule has 23 heavy (non-hydrogen) atoms. The monoisotopic (exact) mass is 378 g/mol. The van der Waals surface area contributed by atoms with Crippen LogP contribution < -0.4 is 10.9 Å². The second-order valence-corrected chi connectivity index (χ2v) is 5.33. The van der Waals surface area contributed by atoms with E-state index < -0.39 is 16.7 Å². The Morgan fingerprint density at radius 2 is 1.78 bits per heavy atom. The van der Waals surface area contributed by atoms with Crippen molar-refractivity contribution < 1.29 is 14.5 Å². The van der Waals surface area contributed by atoms with Crippen LogP contribution >= 0.6 is 15.9 Å². The highest BCUT2D eigenvalue weighted by Gasteiger charge is 2.17. The number of aryl methyl sites for hydroxylation is 1. The van der Waals surface area contributed by atoms with E-state index in [0.717, 1.165) is 12.3 Å². The number of hydrogen-bond acceptors (Lipinski definition) is 5. The van der Waals surface area contributed by atoms with Gasteiger partial charge in [-0.3, -0.25) is 35.5 Å². The smallest absolute Gasteiger partial charge is 0.267 e. The van der Waals surface area contributed by atoms with E-state index in [1.807, 2.05) is 0 Å². The third-order valence-corrected chi connectivity index (χ3v) is 3.63. The molecule has 2 rings (SSSR count). The van der Waals surface area contributed by atoms with E-state index in [2.05, 4.69) is 31.8 Å². The first-order valence-electron chi connectivity index (χ1n) is 6.36. The first-order valence-corrected chi connectivity index (χ1v) is 7.15. The first-order chi connectivity index (χ1) is 10.9. The summed E-state index contributed by atoms with van der Waals surface area (Å²) in [5.74, 6) is -1.22. The number of amides is 2. The van der Waals surface area contributed by atoms with Gasteiger partial charge in [-0.2, -0.15) is 0 Å². The minimum Gasteiger partial charge on any atom is -0.267 e. The predicted octanol–water partition coefficient (Wildman–Crippen LogP) is 2.14. The van der Waals surface area contributed by atoms with Gasteiger partial charge in [0.2, 0.25) is 0 Å². The number of nitrogens with one attached hydrogen (secondary N) is 2. The molecule has 2 N–H and O–H groups in total. The van der Waals surface area contributed by atoms with Gasteiger partial charge in [0.25, 0.3) is 17.5 Å². The fourth-order valence-electron chi connectivity index (χ4n) is 1.75. The summed E-state index contributed by atoms with van der Waals surface area (Å²) < 4.78 is 0.569. The molecule has 2 aromatic rings. The van der Waals surface area contributed by atoms with Gasteiger partial charge in [0.15, 0.2) is 0 Å². The van der Waals surface area contributed by atoms with Crippen LogP contribution in [0.15, 0.2) is 41.0 Å². The van der Waals surface area contributed by atoms with Gasteiger partial charge in [0, 0.05) is 10.5 Å². The van der Waals surface area contributed by atoms with Crippen molar-refractivity contribution in [3.63, 3.8) is 0 Å². The zero-order valence-electron chi connectivity index (χ0n) is 11.9. The van der Waals surface area contributed by atoms with Crippen LogP contribution in [0.1, 0.15) is 26.4 Å². The number of nitrogens with zero attached hydrogens (tertiary/aromatic N) is 2. The molecule has 0 saturated heterocycles. The highest BCUT2D eigenvalue weighted by atomic mass is 79.9. The third kappa shape index (κ3) is 3.89. The second-order valence-electron chi connectivity index (χ2n) is 4.47. The van der Waals surface area contributed by atoms with Gasteiger partial charge in [-0.25, -0.2) is 0 Å². The van der Waals surface area contributed by atoms with E-state index in [0.29, 0.717) is 15.7 Å². The number of benzene rings is 1. The maximum atomic E-state index is 12.1. The summed E-state index contributed by atoms with van der Waals surface area (Å²) in [5, 5.41) is 10.7. The molecule has 0 saturated carbocycles. The standard InChI is InChI=1S/C14H11BrN4O4/c1-8-11(6-9(7-16-8)19(22)23)14(21)18-17-13(20)10-4-2-3-5-12(10)15/h2-7H,1H3,(H,17,20)(H,18,21). The molecule has 118 valence electrons. The molecule has 0 radical (unpaired) electrons. The van der Waals surface area contributed by atoms with Gasteiger partial charge in [-0.1, -0.05) is 12.1 Å². The minimum absolute atomic E-state index is 0.00614. The number of hydrazine groups is 1. The lowest BCUT2D eigenvalue weighted by molar-refractivity contribution is -0.385. The number of carbonyl (C=O) groups excluding carboxylic acids is 2. The summed E-state index contributed by atoms with van der Waals surface area (Å²) in [4.78, 5) is 37.9. The van der Waals surface area contributed by atoms with E-state index in [1.165, 1.54) is 6.92 Å². The fourth-order valence-corrected chi connectivity index (χ4v) is 2.21. The highest BCUT2D eigenvalue weighted by molar-refractivity contribution is 9.10. The largest absolute Gasteiger partial charge is 0.288 e. The molecule has 0 unspecified atom stereocenters. The number of halogens is 1. The molecule has 1 aromatic heterocycles. The van der Waals surface area contributed by atoms with Crippen LogP contribution in [-0.2, 0) is 0 Å². The zero-order chi connectivity index (χ0) is 17.0. The molecule has 0 aliphatic carbocycles. The van der Waals surface area contributed by atoms with Crippen LogP contribution in [-0.4, -0.2) is 21.7 Å². The number of hydrogen-bond donors (Lipinski definition) is 2. The summed E-state index contributed by atoms with van der Waals surface area (Å²) in [6, 6.07) is 7.78. The Kier molecular flexibility index (Phi) is 5.02. The van der Waals surface area contributed by atoms with Crippen LogP contribution in [0.25, 0.3) is 0 Å². The number of pyridine rings is 1. The Bertz CT molecular complexity index is 794. The van der Waals surface area contributed by atoms with Crippen LogP contribution in [0.3, 0.4) is 0 Å². The van der Waals surface area contributed by atoms with Crippen LogP contribution in [0.4, 0.5) is 5.69 Å². The predicted molar refractivity (Wildman–Crippen MR) is 84.7 cm³/mol. The van der Waals surface area contributed by atoms with Crippen molar-refractivity contribution in [2.45, 2.75) is 6.92 Å². The Labute approximate surface area is 139 Å². The molecular weight excluding hydrogens is 368 g/mol. The molecule has 0 bridgehead atoms. The van der Waals surface area contributed by atoms with E-state index >= 15 is 0 Å². The Balaban J connectivity index is 2.11. The van der Waals surface area contributed by atoms with Gasteiger partial charge in [0.1, 0.15) is 6.20 Å². The average molecular weight is 379 g/mol. The van der Waals surface area contributed by atoms with Crippen molar-refractivity contribution in [3.05, 3.63) is 67.9 Å². The Hall–Kier alpha value is -2.81. The van der Waals surface area contributed by atoms with E-state index in [9.17, 15) is 19.7 Å². The highest BCUT2D eigenvalue weighted by Crippen LogP contribution is 2.16.